The Balaban J connectivity index is 1.53. The molecule has 0 unspecified atom stereocenters. The Kier molecular flexibility index (Phi) is 6.00. The molecule has 2 aliphatic rings. The molecule has 1 saturated heterocycles. The minimum Gasteiger partial charge on any atom is -0.381 e. The first-order chi connectivity index (χ1) is 14.8. The Bertz CT molecular complexity index is 901. The van der Waals surface area contributed by atoms with E-state index in [0.717, 1.165) is 49.9 Å². The molecule has 31 heavy (non-hydrogen) atoms. The number of nitrogens with zero attached hydrogens (tertiary/aromatic N) is 2. The molecule has 1 aliphatic carbocycles. The van der Waals surface area contributed by atoms with Gasteiger partial charge in [0.2, 0.25) is 6.17 Å². The maximum atomic E-state index is 14.9. The van der Waals surface area contributed by atoms with Gasteiger partial charge >= 0.3 is 6.18 Å². The Hall–Kier alpha value is -2.49. The highest BCUT2D eigenvalue weighted by Gasteiger charge is 2.43. The van der Waals surface area contributed by atoms with E-state index in [1.807, 2.05) is 0 Å². The molecule has 168 valence electrons. The molecule has 10 heteroatoms. The SMILES string of the molecule is O=C(NC1(c2nc(C3CCCC3)no2)CCOCC1)[C@@H](F)c1ccc(C(F)(F)F)cc1. The molecular formula is C21H23F4N3O3. The maximum Gasteiger partial charge on any atom is 0.416 e. The van der Waals surface area contributed by atoms with Crippen molar-refractivity contribution in [2.45, 2.75) is 62.3 Å². The molecule has 1 N–H and O–H groups in total. The molecule has 1 atom stereocenters. The van der Waals surface area contributed by atoms with Crippen molar-refractivity contribution in [3.8, 4) is 0 Å². The normalized spacial score (nSPS) is 20.5. The van der Waals surface area contributed by atoms with Crippen LogP contribution in [0.15, 0.2) is 28.8 Å². The van der Waals surface area contributed by atoms with E-state index >= 15 is 0 Å². The average molecular weight is 441 g/mol. The van der Waals surface area contributed by atoms with Crippen LogP contribution in [0.5, 0.6) is 0 Å². The number of benzene rings is 1. The Labute approximate surface area is 176 Å². The van der Waals surface area contributed by atoms with E-state index in [1.165, 1.54) is 0 Å². The van der Waals surface area contributed by atoms with Crippen LogP contribution in [0.1, 0.15) is 73.5 Å². The fraction of sp³-hybridized carbons (Fsp3) is 0.571. The second kappa shape index (κ2) is 8.57. The third kappa shape index (κ3) is 4.58. The number of hydrogen-bond donors (Lipinski definition) is 1. The molecule has 1 aromatic heterocycles. The predicted molar refractivity (Wildman–Crippen MR) is 101 cm³/mol. The molecule has 0 bridgehead atoms. The van der Waals surface area contributed by atoms with E-state index in [1.54, 1.807) is 0 Å². The minimum atomic E-state index is -4.53. The van der Waals surface area contributed by atoms with Crippen LogP contribution in [0.2, 0.25) is 0 Å². The van der Waals surface area contributed by atoms with Crippen molar-refractivity contribution >= 4 is 5.91 Å². The highest BCUT2D eigenvalue weighted by Crippen LogP contribution is 2.37. The van der Waals surface area contributed by atoms with Gasteiger partial charge in [-0.3, -0.25) is 4.79 Å². The molecule has 1 aliphatic heterocycles. The van der Waals surface area contributed by atoms with Crippen molar-refractivity contribution in [1.82, 2.24) is 15.5 Å². The van der Waals surface area contributed by atoms with Crippen molar-refractivity contribution in [3.05, 3.63) is 47.1 Å². The van der Waals surface area contributed by atoms with Crippen LogP contribution in [-0.4, -0.2) is 29.3 Å². The predicted octanol–water partition coefficient (Wildman–Crippen LogP) is 4.58. The second-order valence-electron chi connectivity index (χ2n) is 8.11. The molecule has 2 fully saturated rings. The molecular weight excluding hydrogens is 418 g/mol. The zero-order valence-corrected chi connectivity index (χ0v) is 16.8. The third-order valence-electron chi connectivity index (χ3n) is 6.04. The number of ether oxygens (including phenoxy) is 1. The Morgan fingerprint density at radius 1 is 1.13 bits per heavy atom. The number of aromatic nitrogens is 2. The van der Waals surface area contributed by atoms with Gasteiger partial charge in [-0.15, -0.1) is 0 Å². The summed E-state index contributed by atoms with van der Waals surface area (Å²) < 4.78 is 63.9. The van der Waals surface area contributed by atoms with E-state index in [2.05, 4.69) is 15.5 Å². The van der Waals surface area contributed by atoms with E-state index in [4.69, 9.17) is 9.26 Å². The standard InChI is InChI=1S/C21H23F4N3O3/c22-16(13-5-7-15(8-6-13)21(23,24)25)18(29)27-20(9-11-30-12-10-20)19-26-17(28-31-19)14-3-1-2-4-14/h5-8,14,16H,1-4,9-12H2,(H,27,29)/t16-/m0/s1. The molecule has 1 amide bonds. The lowest BCUT2D eigenvalue weighted by atomic mass is 9.89. The quantitative estimate of drug-likeness (QED) is 0.688. The molecule has 0 spiro atoms. The monoisotopic (exact) mass is 441 g/mol. The van der Waals surface area contributed by atoms with Crippen molar-refractivity contribution in [3.63, 3.8) is 0 Å². The average Bonchev–Trinajstić information content (AvgIpc) is 3.45. The molecule has 4 rings (SSSR count). The molecule has 1 aromatic carbocycles. The van der Waals surface area contributed by atoms with E-state index < -0.39 is 29.4 Å². The highest BCUT2D eigenvalue weighted by molar-refractivity contribution is 5.82. The van der Waals surface area contributed by atoms with Crippen molar-refractivity contribution in [2.24, 2.45) is 0 Å². The summed E-state index contributed by atoms with van der Waals surface area (Å²) in [6.07, 6.45) is -1.88. The summed E-state index contributed by atoms with van der Waals surface area (Å²) in [6.45, 7) is 0.636. The summed E-state index contributed by atoms with van der Waals surface area (Å²) in [5.41, 5.74) is -2.14. The van der Waals surface area contributed by atoms with Crippen LogP contribution in [0.3, 0.4) is 0 Å². The van der Waals surface area contributed by atoms with Gasteiger partial charge < -0.3 is 14.6 Å². The number of rotatable bonds is 5. The number of amides is 1. The summed E-state index contributed by atoms with van der Waals surface area (Å²) in [4.78, 5) is 17.2. The summed E-state index contributed by atoms with van der Waals surface area (Å²) in [6, 6.07) is 3.44. The highest BCUT2D eigenvalue weighted by atomic mass is 19.4. The van der Waals surface area contributed by atoms with Gasteiger partial charge in [0.15, 0.2) is 5.82 Å². The molecule has 1 saturated carbocycles. The smallest absolute Gasteiger partial charge is 0.381 e. The summed E-state index contributed by atoms with van der Waals surface area (Å²) in [5.74, 6) is 0.0475. The van der Waals surface area contributed by atoms with E-state index in [0.29, 0.717) is 31.9 Å². The van der Waals surface area contributed by atoms with Gasteiger partial charge in [0, 0.05) is 32.0 Å². The fourth-order valence-corrected chi connectivity index (χ4v) is 4.18. The maximum absolute atomic E-state index is 14.9. The lowest BCUT2D eigenvalue weighted by Gasteiger charge is -2.35. The first kappa shape index (κ1) is 21.7. The van der Waals surface area contributed by atoms with Gasteiger partial charge in [-0.05, 0) is 30.5 Å². The first-order valence-electron chi connectivity index (χ1n) is 10.3. The van der Waals surface area contributed by atoms with Gasteiger partial charge in [0.05, 0.1) is 5.56 Å². The third-order valence-corrected chi connectivity index (χ3v) is 6.04. The van der Waals surface area contributed by atoms with Crippen LogP contribution in [0, 0.1) is 0 Å². The lowest BCUT2D eigenvalue weighted by Crippen LogP contribution is -2.50. The van der Waals surface area contributed by atoms with Crippen molar-refractivity contribution in [2.75, 3.05) is 13.2 Å². The number of nitrogens with one attached hydrogen (secondary N) is 1. The van der Waals surface area contributed by atoms with Gasteiger partial charge in [-0.2, -0.15) is 18.2 Å². The van der Waals surface area contributed by atoms with Crippen molar-refractivity contribution < 1.29 is 31.6 Å². The van der Waals surface area contributed by atoms with E-state index in [9.17, 15) is 22.4 Å². The number of carbonyl (C=O) groups excluding carboxylic acids is 1. The largest absolute Gasteiger partial charge is 0.416 e. The van der Waals surface area contributed by atoms with Crippen LogP contribution in [0.4, 0.5) is 17.6 Å². The zero-order chi connectivity index (χ0) is 22.1. The topological polar surface area (TPSA) is 77.3 Å². The Morgan fingerprint density at radius 2 is 1.77 bits per heavy atom. The summed E-state index contributed by atoms with van der Waals surface area (Å²) in [7, 11) is 0. The zero-order valence-electron chi connectivity index (χ0n) is 16.8. The lowest BCUT2D eigenvalue weighted by molar-refractivity contribution is -0.137. The van der Waals surface area contributed by atoms with Gasteiger partial charge in [-0.1, -0.05) is 30.1 Å². The molecule has 2 heterocycles. The van der Waals surface area contributed by atoms with E-state index in [-0.39, 0.29) is 17.4 Å². The second-order valence-corrected chi connectivity index (χ2v) is 8.11. The molecule has 0 radical (unpaired) electrons. The molecule has 2 aromatic rings. The number of carbonyl (C=O) groups is 1. The minimum absolute atomic E-state index is 0.162. The van der Waals surface area contributed by atoms with Crippen LogP contribution < -0.4 is 5.32 Å². The van der Waals surface area contributed by atoms with Gasteiger partial charge in [0.25, 0.3) is 11.8 Å². The Morgan fingerprint density at radius 3 is 2.39 bits per heavy atom. The van der Waals surface area contributed by atoms with Crippen LogP contribution >= 0.6 is 0 Å². The van der Waals surface area contributed by atoms with Gasteiger partial charge in [-0.25, -0.2) is 4.39 Å². The fourth-order valence-electron chi connectivity index (χ4n) is 4.18. The number of halogens is 4. The van der Waals surface area contributed by atoms with Gasteiger partial charge in [0.1, 0.15) is 5.54 Å². The summed E-state index contributed by atoms with van der Waals surface area (Å²) >= 11 is 0. The van der Waals surface area contributed by atoms with Crippen LogP contribution in [-0.2, 0) is 21.2 Å². The summed E-state index contributed by atoms with van der Waals surface area (Å²) in [5, 5.41) is 6.77. The number of alkyl halides is 4. The van der Waals surface area contributed by atoms with Crippen LogP contribution in [0.25, 0.3) is 0 Å². The molecule has 6 nitrogen and oxygen atoms in total. The first-order valence-corrected chi connectivity index (χ1v) is 10.3. The number of hydrogen-bond acceptors (Lipinski definition) is 5. The van der Waals surface area contributed by atoms with Crippen molar-refractivity contribution in [1.29, 1.82) is 0 Å².